The fourth-order valence-electron chi connectivity index (χ4n) is 6.18. The molecular weight excluding hydrogens is 469 g/mol. The van der Waals surface area contributed by atoms with E-state index < -0.39 is 52.9 Å². The summed E-state index contributed by atoms with van der Waals surface area (Å²) in [5.41, 5.74) is 1.38. The molecule has 1 fully saturated rings. The number of fused-ring (bicyclic) bond motifs is 3. The van der Waals surface area contributed by atoms with Crippen LogP contribution in [0.3, 0.4) is 0 Å². The third kappa shape index (κ3) is 3.53. The molecule has 4 unspecified atom stereocenters. The van der Waals surface area contributed by atoms with E-state index in [1.165, 1.54) is 25.1 Å². The van der Waals surface area contributed by atoms with E-state index in [0.29, 0.717) is 5.57 Å². The molecule has 1 heterocycles. The van der Waals surface area contributed by atoms with E-state index in [-0.39, 0.29) is 66.2 Å². The monoisotopic (exact) mass is 493 g/mol. The SMILES string of the molecule is CC1=CC(=O)C2=C(CC3C(=CCC4C(=O)N(CCCC(=O)O)C(=O)C43)C2c2cccc(F)c2O)C1=O. The molecule has 3 aliphatic carbocycles. The summed E-state index contributed by atoms with van der Waals surface area (Å²) in [6.45, 7) is 1.52. The lowest BCUT2D eigenvalue weighted by molar-refractivity contribution is -0.142. The number of hydrogen-bond donors (Lipinski definition) is 2. The lowest BCUT2D eigenvalue weighted by atomic mass is 9.59. The van der Waals surface area contributed by atoms with Gasteiger partial charge in [-0.15, -0.1) is 0 Å². The summed E-state index contributed by atoms with van der Waals surface area (Å²) in [6.07, 6.45) is 3.25. The van der Waals surface area contributed by atoms with Crippen LogP contribution in [0.5, 0.6) is 5.75 Å². The zero-order valence-corrected chi connectivity index (χ0v) is 19.5. The second kappa shape index (κ2) is 8.65. The molecule has 1 aromatic rings. The highest BCUT2D eigenvalue weighted by atomic mass is 19.1. The number of para-hydroxylation sites is 1. The van der Waals surface area contributed by atoms with E-state index in [2.05, 4.69) is 0 Å². The van der Waals surface area contributed by atoms with Gasteiger partial charge in [-0.25, -0.2) is 4.39 Å². The van der Waals surface area contributed by atoms with Gasteiger partial charge in [-0.1, -0.05) is 23.8 Å². The summed E-state index contributed by atoms with van der Waals surface area (Å²) >= 11 is 0. The van der Waals surface area contributed by atoms with Gasteiger partial charge in [0.1, 0.15) is 0 Å². The average molecular weight is 493 g/mol. The van der Waals surface area contributed by atoms with Crippen LogP contribution in [0.25, 0.3) is 0 Å². The highest BCUT2D eigenvalue weighted by molar-refractivity contribution is 6.23. The first-order valence-electron chi connectivity index (χ1n) is 11.9. The third-order valence-corrected chi connectivity index (χ3v) is 7.75. The number of halogens is 1. The summed E-state index contributed by atoms with van der Waals surface area (Å²) in [5, 5.41) is 19.5. The molecular formula is C27H24FNO7. The van der Waals surface area contributed by atoms with E-state index in [4.69, 9.17) is 5.11 Å². The van der Waals surface area contributed by atoms with Gasteiger partial charge in [0.05, 0.1) is 11.8 Å². The summed E-state index contributed by atoms with van der Waals surface area (Å²) in [4.78, 5) is 64.9. The number of ketones is 2. The highest BCUT2D eigenvalue weighted by Gasteiger charge is 2.56. The van der Waals surface area contributed by atoms with E-state index in [1.54, 1.807) is 6.08 Å². The zero-order valence-electron chi connectivity index (χ0n) is 19.5. The molecule has 0 saturated carbocycles. The summed E-state index contributed by atoms with van der Waals surface area (Å²) in [5.74, 6) is -7.06. The van der Waals surface area contributed by atoms with Crippen molar-refractivity contribution in [3.8, 4) is 5.75 Å². The molecule has 0 aromatic heterocycles. The molecule has 9 heteroatoms. The minimum absolute atomic E-state index is 0.0135. The van der Waals surface area contributed by atoms with Gasteiger partial charge in [-0.05, 0) is 44.2 Å². The lowest BCUT2D eigenvalue weighted by Gasteiger charge is -2.42. The van der Waals surface area contributed by atoms with Gasteiger partial charge >= 0.3 is 5.97 Å². The number of Topliss-reactive ketones (excluding diaryl/α,β-unsaturated/α-hetero) is 1. The van der Waals surface area contributed by atoms with E-state index in [9.17, 15) is 33.5 Å². The minimum Gasteiger partial charge on any atom is -0.505 e. The number of allylic oxidation sites excluding steroid dienone is 6. The smallest absolute Gasteiger partial charge is 0.303 e. The number of rotatable bonds is 5. The van der Waals surface area contributed by atoms with Crippen LogP contribution in [0.1, 0.15) is 44.1 Å². The number of aliphatic carboxylic acids is 1. The van der Waals surface area contributed by atoms with Gasteiger partial charge in [0, 0.05) is 41.2 Å². The Kier molecular flexibility index (Phi) is 5.73. The third-order valence-electron chi connectivity index (χ3n) is 7.75. The number of carboxylic acids is 1. The first-order chi connectivity index (χ1) is 17.1. The molecule has 4 atom stereocenters. The molecule has 36 heavy (non-hydrogen) atoms. The highest BCUT2D eigenvalue weighted by Crippen LogP contribution is 2.56. The Morgan fingerprint density at radius 2 is 1.89 bits per heavy atom. The number of benzene rings is 1. The van der Waals surface area contributed by atoms with Crippen molar-refractivity contribution in [2.45, 2.75) is 38.5 Å². The van der Waals surface area contributed by atoms with E-state index in [0.717, 1.165) is 11.0 Å². The fraction of sp³-hybridized carbons (Fsp3) is 0.370. The van der Waals surface area contributed by atoms with Gasteiger partial charge in [-0.2, -0.15) is 0 Å². The Balaban J connectivity index is 1.60. The Morgan fingerprint density at radius 1 is 1.14 bits per heavy atom. The van der Waals surface area contributed by atoms with Crippen LogP contribution >= 0.6 is 0 Å². The van der Waals surface area contributed by atoms with Crippen molar-refractivity contribution < 1.29 is 38.6 Å². The average Bonchev–Trinajstić information content (AvgIpc) is 3.08. The summed E-state index contributed by atoms with van der Waals surface area (Å²) < 4.78 is 14.4. The number of amides is 2. The van der Waals surface area contributed by atoms with Crippen molar-refractivity contribution in [2.75, 3.05) is 6.54 Å². The number of likely N-dealkylation sites (tertiary alicyclic amines) is 1. The number of imide groups is 1. The number of phenolic OH excluding ortho intramolecular Hbond substituents is 1. The largest absolute Gasteiger partial charge is 0.505 e. The van der Waals surface area contributed by atoms with E-state index in [1.807, 2.05) is 0 Å². The van der Waals surface area contributed by atoms with Gasteiger partial charge in [0.15, 0.2) is 23.1 Å². The quantitative estimate of drug-likeness (QED) is 0.367. The first kappa shape index (κ1) is 23.8. The molecule has 1 aliphatic heterocycles. The van der Waals surface area contributed by atoms with Crippen LogP contribution in [-0.4, -0.2) is 51.0 Å². The van der Waals surface area contributed by atoms with E-state index >= 15 is 0 Å². The van der Waals surface area contributed by atoms with Crippen LogP contribution in [0.15, 0.2) is 52.6 Å². The summed E-state index contributed by atoms with van der Waals surface area (Å²) in [6, 6.07) is 3.99. The number of hydrogen-bond acceptors (Lipinski definition) is 6. The van der Waals surface area contributed by atoms with Gasteiger partial charge < -0.3 is 10.2 Å². The predicted molar refractivity (Wildman–Crippen MR) is 123 cm³/mol. The van der Waals surface area contributed by atoms with Gasteiger partial charge in [0.25, 0.3) is 0 Å². The molecule has 0 radical (unpaired) electrons. The van der Waals surface area contributed by atoms with Crippen molar-refractivity contribution >= 4 is 29.4 Å². The molecule has 1 aromatic carbocycles. The second-order valence-corrected chi connectivity index (χ2v) is 9.73. The van der Waals surface area contributed by atoms with Crippen molar-refractivity contribution in [3.63, 3.8) is 0 Å². The predicted octanol–water partition coefficient (Wildman–Crippen LogP) is 2.83. The molecule has 2 amide bonds. The summed E-state index contributed by atoms with van der Waals surface area (Å²) in [7, 11) is 0. The van der Waals surface area contributed by atoms with Crippen LogP contribution in [0.4, 0.5) is 4.39 Å². The minimum atomic E-state index is -1.02. The van der Waals surface area contributed by atoms with Crippen LogP contribution < -0.4 is 0 Å². The van der Waals surface area contributed by atoms with Crippen molar-refractivity contribution in [3.05, 3.63) is 64.0 Å². The molecule has 1 saturated heterocycles. The molecule has 0 spiro atoms. The van der Waals surface area contributed by atoms with Crippen LogP contribution in [0.2, 0.25) is 0 Å². The maximum atomic E-state index is 14.4. The van der Waals surface area contributed by atoms with Crippen molar-refractivity contribution in [2.24, 2.45) is 17.8 Å². The van der Waals surface area contributed by atoms with Crippen LogP contribution in [-0.2, 0) is 24.0 Å². The Hall–Kier alpha value is -3.88. The number of carbonyl (C=O) groups is 5. The molecule has 8 nitrogen and oxygen atoms in total. The second-order valence-electron chi connectivity index (χ2n) is 9.73. The van der Waals surface area contributed by atoms with Crippen molar-refractivity contribution in [1.82, 2.24) is 4.90 Å². The molecule has 2 N–H and O–H groups in total. The maximum Gasteiger partial charge on any atom is 0.303 e. The van der Waals surface area contributed by atoms with Crippen LogP contribution in [0, 0.1) is 23.6 Å². The number of aromatic hydroxyl groups is 1. The standard InChI is InChI=1S/C27H24FNO7/c1-12-10-19(30)23-17(24(12)33)11-16-13(21(23)14-4-2-5-18(28)25(14)34)7-8-15-22(16)27(36)29(26(15)35)9-3-6-20(31)32/h2,4-5,7,10,15-16,21-22,34H,3,6,8-9,11H2,1H3,(H,31,32). The first-order valence-corrected chi connectivity index (χ1v) is 11.9. The number of carbonyl (C=O) groups excluding carboxylic acids is 4. The zero-order chi connectivity index (χ0) is 25.9. The normalized spacial score (nSPS) is 27.4. The maximum absolute atomic E-state index is 14.4. The topological polar surface area (TPSA) is 129 Å². The Bertz CT molecular complexity index is 1340. The van der Waals surface area contributed by atoms with Gasteiger partial charge in [0.2, 0.25) is 11.8 Å². The van der Waals surface area contributed by atoms with Gasteiger partial charge in [-0.3, -0.25) is 28.9 Å². The molecule has 4 aliphatic rings. The fourth-order valence-corrected chi connectivity index (χ4v) is 6.18. The van der Waals surface area contributed by atoms with Crippen molar-refractivity contribution in [1.29, 1.82) is 0 Å². The Morgan fingerprint density at radius 3 is 2.61 bits per heavy atom. The molecule has 186 valence electrons. The molecule has 0 bridgehead atoms. The lowest BCUT2D eigenvalue weighted by Crippen LogP contribution is -2.40. The molecule has 5 rings (SSSR count). The number of carboxylic acid groups (broad SMARTS) is 1. The number of nitrogens with zero attached hydrogens (tertiary/aromatic N) is 1. The number of phenols is 1. The Labute approximate surface area is 205 Å².